The van der Waals surface area contributed by atoms with E-state index in [0.717, 1.165) is 22.5 Å². The first kappa shape index (κ1) is 23.1. The molecule has 3 aromatic rings. The number of nitrogens with one attached hydrogen (secondary N) is 4. The highest BCUT2D eigenvalue weighted by Gasteiger charge is 2.22. The van der Waals surface area contributed by atoms with Gasteiger partial charge in [-0.05, 0) is 23.3 Å². The molecule has 0 saturated heterocycles. The summed E-state index contributed by atoms with van der Waals surface area (Å²) >= 11 is 6.01. The van der Waals surface area contributed by atoms with Crippen molar-refractivity contribution in [3.05, 3.63) is 75.7 Å². The van der Waals surface area contributed by atoms with Crippen LogP contribution in [0.15, 0.2) is 60.7 Å². The number of H-pyrrole nitrogens is 1. The van der Waals surface area contributed by atoms with Crippen molar-refractivity contribution in [1.82, 2.24) is 20.8 Å². The van der Waals surface area contributed by atoms with Gasteiger partial charge in [-0.2, -0.15) is 0 Å². The second-order valence-electron chi connectivity index (χ2n) is 6.63. The fraction of sp³-hybridized carbons (Fsp3) is 0.190. The molecular weight excluding hydrogens is 450 g/mol. The van der Waals surface area contributed by atoms with E-state index in [0.29, 0.717) is 9.09 Å². The Kier molecular flexibility index (Phi) is 8.46. The number of ether oxygens (including phenoxy) is 1. The summed E-state index contributed by atoms with van der Waals surface area (Å²) < 4.78 is 5.65. The zero-order valence-electron chi connectivity index (χ0n) is 16.9. The van der Waals surface area contributed by atoms with E-state index in [9.17, 15) is 14.4 Å². The lowest BCUT2D eigenvalue weighted by Gasteiger charge is -2.18. The van der Waals surface area contributed by atoms with Crippen LogP contribution < -0.4 is 16.0 Å². The smallest absolute Gasteiger partial charge is 0.408 e. The van der Waals surface area contributed by atoms with Gasteiger partial charge in [0.25, 0.3) is 0 Å². The minimum absolute atomic E-state index is 0.0738. The second kappa shape index (κ2) is 11.7. The average Bonchev–Trinajstić information content (AvgIpc) is 3.21. The summed E-state index contributed by atoms with van der Waals surface area (Å²) in [6, 6.07) is 17.5. The van der Waals surface area contributed by atoms with E-state index in [1.54, 1.807) is 0 Å². The van der Waals surface area contributed by atoms with Gasteiger partial charge < -0.3 is 15.4 Å². The van der Waals surface area contributed by atoms with Gasteiger partial charge in [-0.15, -0.1) is 5.10 Å². The van der Waals surface area contributed by atoms with Crippen molar-refractivity contribution in [1.29, 1.82) is 0 Å². The van der Waals surface area contributed by atoms with Gasteiger partial charge in [-0.25, -0.2) is 4.79 Å². The van der Waals surface area contributed by atoms with Crippen molar-refractivity contribution in [3.8, 4) is 0 Å². The molecule has 166 valence electrons. The number of aromatic nitrogens is 2. The molecule has 0 fully saturated rings. The lowest BCUT2D eigenvalue weighted by Crippen LogP contribution is -2.49. The highest BCUT2D eigenvalue weighted by Crippen LogP contribution is 2.10. The van der Waals surface area contributed by atoms with Crippen molar-refractivity contribution < 1.29 is 19.1 Å². The highest BCUT2D eigenvalue weighted by atomic mass is 32.1. The number of aromatic amines is 1. The fourth-order valence-electron chi connectivity index (χ4n) is 2.70. The van der Waals surface area contributed by atoms with E-state index in [2.05, 4.69) is 26.1 Å². The molecule has 9 nitrogen and oxygen atoms in total. The zero-order chi connectivity index (χ0) is 22.8. The molecule has 11 heteroatoms. The molecular formula is C21H21N5O4S2. The molecule has 1 heterocycles. The second-order valence-corrected chi connectivity index (χ2v) is 8.30. The molecule has 0 aliphatic carbocycles. The van der Waals surface area contributed by atoms with Gasteiger partial charge in [0.15, 0.2) is 3.95 Å². The van der Waals surface area contributed by atoms with Crippen LogP contribution in [0.4, 0.5) is 9.93 Å². The standard InChI is InChI=1S/C21H21N5O4S2/c27-17(24-19-25-26-21(31)32-19)12-22-18(28)16(11-14-7-3-1-4-8-14)23-20(29)30-13-15-9-5-2-6-10-15/h1-10,16H,11-13H2,(H,22,28)(H,23,29)(H,26,31)(H,24,25,27)/t16-/m0/s1. The summed E-state index contributed by atoms with van der Waals surface area (Å²) in [6.07, 6.45) is -0.499. The largest absolute Gasteiger partial charge is 0.445 e. The Morgan fingerprint density at radius 3 is 2.31 bits per heavy atom. The fourth-order valence-corrected chi connectivity index (χ4v) is 3.51. The molecule has 0 saturated carbocycles. The van der Waals surface area contributed by atoms with Crippen LogP contribution in [0.25, 0.3) is 0 Å². The molecule has 0 bridgehead atoms. The molecule has 1 atom stereocenters. The first-order valence-electron chi connectivity index (χ1n) is 9.64. The number of amides is 3. The quantitative estimate of drug-likeness (QED) is 0.356. The van der Waals surface area contributed by atoms with Gasteiger partial charge in [0.05, 0.1) is 6.54 Å². The number of carbonyl (C=O) groups is 3. The monoisotopic (exact) mass is 471 g/mol. The summed E-state index contributed by atoms with van der Waals surface area (Å²) in [4.78, 5) is 37.1. The summed E-state index contributed by atoms with van der Waals surface area (Å²) in [5, 5.41) is 14.3. The predicted molar refractivity (Wildman–Crippen MR) is 123 cm³/mol. The minimum atomic E-state index is -0.930. The van der Waals surface area contributed by atoms with E-state index < -0.39 is 23.9 Å². The SMILES string of the molecule is O=C(CNC(=O)[C@H](Cc1ccccc1)NC(=O)OCc1ccccc1)Nc1n[nH]c(=S)s1. The van der Waals surface area contributed by atoms with Crippen molar-refractivity contribution in [2.75, 3.05) is 11.9 Å². The number of nitrogens with zero attached hydrogens (tertiary/aromatic N) is 1. The maximum absolute atomic E-state index is 12.7. The molecule has 0 aliphatic rings. The maximum Gasteiger partial charge on any atom is 0.408 e. The van der Waals surface area contributed by atoms with Crippen LogP contribution in [0.3, 0.4) is 0 Å². The van der Waals surface area contributed by atoms with Gasteiger partial charge in [0.2, 0.25) is 16.9 Å². The van der Waals surface area contributed by atoms with Crippen molar-refractivity contribution >= 4 is 46.6 Å². The number of rotatable bonds is 9. The Balaban J connectivity index is 1.56. The van der Waals surface area contributed by atoms with Gasteiger partial charge in [-0.3, -0.25) is 20.0 Å². The molecule has 0 unspecified atom stereocenters. The molecule has 0 aliphatic heterocycles. The summed E-state index contributed by atoms with van der Waals surface area (Å²) in [5.74, 6) is -0.989. The van der Waals surface area contributed by atoms with Gasteiger partial charge in [0, 0.05) is 6.42 Å². The van der Waals surface area contributed by atoms with E-state index in [4.69, 9.17) is 17.0 Å². The maximum atomic E-state index is 12.7. The number of benzene rings is 2. The third-order valence-corrected chi connectivity index (χ3v) is 5.22. The van der Waals surface area contributed by atoms with Gasteiger partial charge in [-0.1, -0.05) is 72.0 Å². The summed E-state index contributed by atoms with van der Waals surface area (Å²) in [7, 11) is 0. The van der Waals surface area contributed by atoms with Crippen LogP contribution in [0, 0.1) is 3.95 Å². The van der Waals surface area contributed by atoms with Crippen molar-refractivity contribution in [2.45, 2.75) is 19.1 Å². The predicted octanol–water partition coefficient (Wildman–Crippen LogP) is 2.79. The third kappa shape index (κ3) is 7.60. The number of hydrogen-bond donors (Lipinski definition) is 4. The van der Waals surface area contributed by atoms with Crippen LogP contribution >= 0.6 is 23.6 Å². The molecule has 0 radical (unpaired) electrons. The van der Waals surface area contributed by atoms with E-state index >= 15 is 0 Å². The van der Waals surface area contributed by atoms with Gasteiger partial charge >= 0.3 is 6.09 Å². The molecule has 0 spiro atoms. The average molecular weight is 472 g/mol. The van der Waals surface area contributed by atoms with E-state index in [1.165, 1.54) is 0 Å². The topological polar surface area (TPSA) is 125 Å². The molecule has 4 N–H and O–H groups in total. The molecule has 3 rings (SSSR count). The van der Waals surface area contributed by atoms with E-state index in [-0.39, 0.29) is 19.6 Å². The normalized spacial score (nSPS) is 11.2. The Bertz CT molecular complexity index is 1100. The Morgan fingerprint density at radius 2 is 1.69 bits per heavy atom. The molecule has 3 amide bonds. The Labute approximate surface area is 193 Å². The third-order valence-electron chi connectivity index (χ3n) is 4.21. The number of hydrogen-bond acceptors (Lipinski definition) is 7. The zero-order valence-corrected chi connectivity index (χ0v) is 18.5. The molecule has 1 aromatic heterocycles. The van der Waals surface area contributed by atoms with Crippen LogP contribution in [0.2, 0.25) is 0 Å². The molecule has 32 heavy (non-hydrogen) atoms. The first-order valence-corrected chi connectivity index (χ1v) is 10.9. The highest BCUT2D eigenvalue weighted by molar-refractivity contribution is 7.73. The minimum Gasteiger partial charge on any atom is -0.445 e. The van der Waals surface area contributed by atoms with Crippen LogP contribution in [0.5, 0.6) is 0 Å². The summed E-state index contributed by atoms with van der Waals surface area (Å²) in [5.41, 5.74) is 1.67. The summed E-state index contributed by atoms with van der Waals surface area (Å²) in [6.45, 7) is -0.221. The Hall–Kier alpha value is -3.57. The van der Waals surface area contributed by atoms with Gasteiger partial charge in [0.1, 0.15) is 12.6 Å². The lowest BCUT2D eigenvalue weighted by atomic mass is 10.1. The number of carbonyl (C=O) groups excluding carboxylic acids is 3. The molecule has 2 aromatic carbocycles. The lowest BCUT2D eigenvalue weighted by molar-refractivity contribution is -0.125. The van der Waals surface area contributed by atoms with Crippen LogP contribution in [-0.4, -0.2) is 40.7 Å². The Morgan fingerprint density at radius 1 is 1.03 bits per heavy atom. The van der Waals surface area contributed by atoms with Crippen molar-refractivity contribution in [2.24, 2.45) is 0 Å². The van der Waals surface area contributed by atoms with Crippen molar-refractivity contribution in [3.63, 3.8) is 0 Å². The van der Waals surface area contributed by atoms with Crippen LogP contribution in [-0.2, 0) is 27.4 Å². The van der Waals surface area contributed by atoms with E-state index in [1.807, 2.05) is 60.7 Å². The first-order chi connectivity index (χ1) is 15.5. The number of anilines is 1. The van der Waals surface area contributed by atoms with Crippen LogP contribution in [0.1, 0.15) is 11.1 Å². The number of alkyl carbamates (subject to hydrolysis) is 1.